The molecule has 1 unspecified atom stereocenters. The second-order valence-corrected chi connectivity index (χ2v) is 6.21. The molecule has 2 N–H and O–H groups in total. The van der Waals surface area contributed by atoms with Gasteiger partial charge in [0.1, 0.15) is 11.6 Å². The highest BCUT2D eigenvalue weighted by Gasteiger charge is 2.26. The van der Waals surface area contributed by atoms with Crippen molar-refractivity contribution in [3.8, 4) is 0 Å². The Kier molecular flexibility index (Phi) is 3.09. The predicted octanol–water partition coefficient (Wildman–Crippen LogP) is 1.95. The Morgan fingerprint density at radius 2 is 2.35 bits per heavy atom. The molecule has 5 heteroatoms. The highest BCUT2D eigenvalue weighted by molar-refractivity contribution is 8.00. The summed E-state index contributed by atoms with van der Waals surface area (Å²) in [5.74, 6) is 3.36. The first kappa shape index (κ1) is 11.1. The monoisotopic (exact) mass is 251 g/mol. The van der Waals surface area contributed by atoms with Gasteiger partial charge in [-0.25, -0.2) is 4.98 Å². The number of nitrogens with one attached hydrogen (secondary N) is 2. The highest BCUT2D eigenvalue weighted by atomic mass is 32.2. The van der Waals surface area contributed by atoms with Crippen molar-refractivity contribution in [2.24, 2.45) is 0 Å². The summed E-state index contributed by atoms with van der Waals surface area (Å²) in [4.78, 5) is 18.8. The zero-order valence-electron chi connectivity index (χ0n) is 9.74. The largest absolute Gasteiger partial charge is 0.369 e. The molecule has 4 nitrogen and oxygen atoms in total. The van der Waals surface area contributed by atoms with Crippen LogP contribution in [0.1, 0.15) is 37.4 Å². The number of H-pyrrole nitrogens is 1. The van der Waals surface area contributed by atoms with E-state index in [2.05, 4.69) is 15.3 Å². The van der Waals surface area contributed by atoms with Gasteiger partial charge in [-0.3, -0.25) is 4.79 Å². The van der Waals surface area contributed by atoms with Gasteiger partial charge in [0.25, 0.3) is 5.56 Å². The zero-order chi connectivity index (χ0) is 11.7. The molecular formula is C12H17N3OS. The average Bonchev–Trinajstić information content (AvgIpc) is 3.04. The third-order valence-corrected chi connectivity index (χ3v) is 4.66. The van der Waals surface area contributed by atoms with Crippen molar-refractivity contribution >= 4 is 17.6 Å². The number of anilines is 1. The van der Waals surface area contributed by atoms with Crippen LogP contribution >= 0.6 is 11.8 Å². The van der Waals surface area contributed by atoms with E-state index < -0.39 is 0 Å². The van der Waals surface area contributed by atoms with Gasteiger partial charge >= 0.3 is 0 Å². The van der Waals surface area contributed by atoms with E-state index in [4.69, 9.17) is 0 Å². The zero-order valence-corrected chi connectivity index (χ0v) is 10.6. The number of hydrogen-bond donors (Lipinski definition) is 2. The lowest BCUT2D eigenvalue weighted by atomic mass is 10.2. The second-order valence-electron chi connectivity index (χ2n) is 4.81. The fourth-order valence-corrected chi connectivity index (χ4v) is 3.34. The molecule has 2 fully saturated rings. The van der Waals surface area contributed by atoms with Crippen molar-refractivity contribution in [3.05, 3.63) is 22.2 Å². The highest BCUT2D eigenvalue weighted by Crippen LogP contribution is 2.37. The Balaban J connectivity index is 1.66. The van der Waals surface area contributed by atoms with E-state index in [1.807, 2.05) is 11.8 Å². The van der Waals surface area contributed by atoms with Crippen LogP contribution in [0.2, 0.25) is 0 Å². The Bertz CT molecular complexity index is 449. The first-order valence-electron chi connectivity index (χ1n) is 6.28. The molecule has 1 aromatic rings. The summed E-state index contributed by atoms with van der Waals surface area (Å²) < 4.78 is 0. The van der Waals surface area contributed by atoms with Crippen molar-refractivity contribution in [2.45, 2.75) is 36.9 Å². The van der Waals surface area contributed by atoms with E-state index in [0.29, 0.717) is 11.2 Å². The number of rotatable bonds is 4. The first-order chi connectivity index (χ1) is 8.31. The molecule has 1 saturated heterocycles. The molecule has 0 amide bonds. The van der Waals surface area contributed by atoms with Gasteiger partial charge in [-0.15, -0.1) is 0 Å². The molecule has 0 spiro atoms. The third-order valence-electron chi connectivity index (χ3n) is 3.26. The van der Waals surface area contributed by atoms with Gasteiger partial charge in [0.15, 0.2) is 0 Å². The molecule has 2 heterocycles. The van der Waals surface area contributed by atoms with Crippen LogP contribution in [-0.4, -0.2) is 27.5 Å². The Labute approximate surface area is 105 Å². The van der Waals surface area contributed by atoms with E-state index in [0.717, 1.165) is 31.0 Å². The maximum atomic E-state index is 11.5. The fraction of sp³-hybridized carbons (Fsp3) is 0.667. The molecular weight excluding hydrogens is 234 g/mol. The van der Waals surface area contributed by atoms with Crippen LogP contribution in [0.5, 0.6) is 0 Å². The van der Waals surface area contributed by atoms with E-state index >= 15 is 0 Å². The molecule has 1 saturated carbocycles. The second kappa shape index (κ2) is 4.72. The quantitative estimate of drug-likeness (QED) is 0.859. The van der Waals surface area contributed by atoms with Crippen molar-refractivity contribution in [2.75, 3.05) is 17.6 Å². The number of aromatic amines is 1. The fourth-order valence-electron chi connectivity index (χ4n) is 2.14. The van der Waals surface area contributed by atoms with Gasteiger partial charge in [0.2, 0.25) is 0 Å². The summed E-state index contributed by atoms with van der Waals surface area (Å²) >= 11 is 2.01. The van der Waals surface area contributed by atoms with Crippen molar-refractivity contribution in [3.63, 3.8) is 0 Å². The molecule has 1 aliphatic heterocycles. The first-order valence-corrected chi connectivity index (χ1v) is 7.33. The number of nitrogens with zero attached hydrogens (tertiary/aromatic N) is 1. The van der Waals surface area contributed by atoms with Gasteiger partial charge in [0, 0.05) is 23.8 Å². The predicted molar refractivity (Wildman–Crippen MR) is 70.8 cm³/mol. The molecule has 0 bridgehead atoms. The number of hydrogen-bond acceptors (Lipinski definition) is 4. The number of thioether (sulfide) groups is 1. The minimum absolute atomic E-state index is 0.0384. The normalized spacial score (nSPS) is 23.9. The summed E-state index contributed by atoms with van der Waals surface area (Å²) in [6.45, 7) is 0.922. The lowest BCUT2D eigenvalue weighted by Gasteiger charge is -2.11. The van der Waals surface area contributed by atoms with Gasteiger partial charge in [-0.1, -0.05) is 0 Å². The van der Waals surface area contributed by atoms with Crippen LogP contribution in [0.25, 0.3) is 0 Å². The van der Waals surface area contributed by atoms with Crippen LogP contribution < -0.4 is 10.9 Å². The van der Waals surface area contributed by atoms with Crippen LogP contribution in [0.4, 0.5) is 5.82 Å². The average molecular weight is 251 g/mol. The van der Waals surface area contributed by atoms with E-state index in [-0.39, 0.29) is 5.56 Å². The summed E-state index contributed by atoms with van der Waals surface area (Å²) in [5, 5.41) is 3.98. The van der Waals surface area contributed by atoms with Crippen molar-refractivity contribution in [1.29, 1.82) is 0 Å². The van der Waals surface area contributed by atoms with Crippen molar-refractivity contribution in [1.82, 2.24) is 9.97 Å². The minimum Gasteiger partial charge on any atom is -0.369 e. The smallest absolute Gasteiger partial charge is 0.252 e. The van der Waals surface area contributed by atoms with Gasteiger partial charge < -0.3 is 10.3 Å². The van der Waals surface area contributed by atoms with E-state index in [1.54, 1.807) is 6.07 Å². The molecule has 3 rings (SSSR count). The molecule has 17 heavy (non-hydrogen) atoms. The molecule has 0 aromatic carbocycles. The molecule has 1 aliphatic carbocycles. The van der Waals surface area contributed by atoms with Gasteiger partial charge in [-0.2, -0.15) is 11.8 Å². The molecule has 2 aliphatic rings. The SMILES string of the molecule is O=c1cc(NCC2CCCS2)nc(C2CC2)[nH]1. The topological polar surface area (TPSA) is 57.8 Å². The molecule has 1 aromatic heterocycles. The summed E-state index contributed by atoms with van der Waals surface area (Å²) in [6, 6.07) is 1.56. The Morgan fingerprint density at radius 3 is 3.06 bits per heavy atom. The summed E-state index contributed by atoms with van der Waals surface area (Å²) in [7, 11) is 0. The summed E-state index contributed by atoms with van der Waals surface area (Å²) in [5.41, 5.74) is -0.0384. The van der Waals surface area contributed by atoms with Crippen LogP contribution in [-0.2, 0) is 0 Å². The van der Waals surface area contributed by atoms with Crippen LogP contribution in [0, 0.1) is 0 Å². The standard InChI is InChI=1S/C12H17N3OS/c16-11-6-10(13-7-9-2-1-5-17-9)14-12(15-11)8-3-4-8/h6,8-9H,1-5,7H2,(H2,13,14,15,16). The molecule has 0 radical (unpaired) electrons. The Hall–Kier alpha value is -0.970. The lowest BCUT2D eigenvalue weighted by molar-refractivity contribution is 0.800. The van der Waals surface area contributed by atoms with E-state index in [1.165, 1.54) is 18.6 Å². The molecule has 92 valence electrons. The lowest BCUT2D eigenvalue weighted by Crippen LogP contribution is -2.18. The van der Waals surface area contributed by atoms with E-state index in [9.17, 15) is 4.79 Å². The van der Waals surface area contributed by atoms with Gasteiger partial charge in [0.05, 0.1) is 0 Å². The third kappa shape index (κ3) is 2.83. The molecule has 1 atom stereocenters. The van der Waals surface area contributed by atoms with Crippen LogP contribution in [0.3, 0.4) is 0 Å². The minimum atomic E-state index is -0.0384. The van der Waals surface area contributed by atoms with Crippen molar-refractivity contribution < 1.29 is 0 Å². The maximum Gasteiger partial charge on any atom is 0.252 e. The van der Waals surface area contributed by atoms with Crippen LogP contribution in [0.15, 0.2) is 10.9 Å². The number of aromatic nitrogens is 2. The Morgan fingerprint density at radius 1 is 1.47 bits per heavy atom. The maximum absolute atomic E-state index is 11.5. The summed E-state index contributed by atoms with van der Waals surface area (Å²) in [6.07, 6.45) is 4.90. The van der Waals surface area contributed by atoms with Gasteiger partial charge in [-0.05, 0) is 31.4 Å².